The van der Waals surface area contributed by atoms with Crippen molar-refractivity contribution < 1.29 is 18.7 Å². The van der Waals surface area contributed by atoms with Crippen LogP contribution in [0.25, 0.3) is 0 Å². The summed E-state index contributed by atoms with van der Waals surface area (Å²) in [6.07, 6.45) is 2.65. The molecule has 122 valence electrons. The topological polar surface area (TPSA) is 72.7 Å². The Labute approximate surface area is 134 Å². The fourth-order valence-corrected chi connectivity index (χ4v) is 2.29. The molecule has 2 aromatic rings. The van der Waals surface area contributed by atoms with Crippen molar-refractivity contribution in [3.8, 4) is 5.75 Å². The summed E-state index contributed by atoms with van der Waals surface area (Å²) in [5, 5.41) is 5.85. The molecule has 1 aromatic carbocycles. The van der Waals surface area contributed by atoms with Gasteiger partial charge in [0, 0.05) is 12.1 Å². The molecule has 6 nitrogen and oxygen atoms in total. The minimum atomic E-state index is -0.0927. The molecule has 1 saturated heterocycles. The van der Waals surface area contributed by atoms with E-state index in [2.05, 4.69) is 10.6 Å². The standard InChI is InChI=1S/C17H20N2O4/c20-17(19-10-15-2-1-8-22-15)11-18-13-3-5-14(6-4-13)23-16-7-9-21-12-16/h1-6,8,16,18H,7,9-12H2,(H,19,20)/t16-/m1/s1. The van der Waals surface area contributed by atoms with E-state index in [-0.39, 0.29) is 18.6 Å². The lowest BCUT2D eigenvalue weighted by atomic mass is 10.2. The molecule has 1 aliphatic rings. The summed E-state index contributed by atoms with van der Waals surface area (Å²) >= 11 is 0. The van der Waals surface area contributed by atoms with Crippen LogP contribution >= 0.6 is 0 Å². The molecule has 0 saturated carbocycles. The van der Waals surface area contributed by atoms with Crippen LogP contribution in [-0.4, -0.2) is 31.8 Å². The molecule has 0 aliphatic carbocycles. The van der Waals surface area contributed by atoms with Crippen molar-refractivity contribution in [2.24, 2.45) is 0 Å². The first-order valence-electron chi connectivity index (χ1n) is 7.67. The van der Waals surface area contributed by atoms with E-state index in [4.69, 9.17) is 13.9 Å². The summed E-state index contributed by atoms with van der Waals surface area (Å²) in [5.74, 6) is 1.45. The molecular weight excluding hydrogens is 296 g/mol. The molecule has 0 unspecified atom stereocenters. The van der Waals surface area contributed by atoms with E-state index in [1.807, 2.05) is 30.3 Å². The predicted molar refractivity (Wildman–Crippen MR) is 85.3 cm³/mol. The van der Waals surface area contributed by atoms with Crippen LogP contribution in [0.15, 0.2) is 47.1 Å². The van der Waals surface area contributed by atoms with Gasteiger partial charge in [0.2, 0.25) is 5.91 Å². The molecule has 1 aliphatic heterocycles. The highest BCUT2D eigenvalue weighted by atomic mass is 16.5. The lowest BCUT2D eigenvalue weighted by molar-refractivity contribution is -0.119. The first kappa shape index (κ1) is 15.4. The summed E-state index contributed by atoms with van der Waals surface area (Å²) < 4.78 is 16.2. The highest BCUT2D eigenvalue weighted by molar-refractivity contribution is 5.80. The first-order chi connectivity index (χ1) is 11.3. The number of ether oxygens (including phenoxy) is 2. The number of amides is 1. The maximum Gasteiger partial charge on any atom is 0.239 e. The summed E-state index contributed by atoms with van der Waals surface area (Å²) in [5.41, 5.74) is 0.869. The van der Waals surface area contributed by atoms with E-state index in [0.717, 1.165) is 30.2 Å². The van der Waals surface area contributed by atoms with Crippen molar-refractivity contribution in [3.05, 3.63) is 48.4 Å². The van der Waals surface area contributed by atoms with Gasteiger partial charge in [0.25, 0.3) is 0 Å². The van der Waals surface area contributed by atoms with Crippen molar-refractivity contribution in [1.29, 1.82) is 0 Å². The van der Waals surface area contributed by atoms with Crippen molar-refractivity contribution in [2.75, 3.05) is 25.1 Å². The number of hydrogen-bond donors (Lipinski definition) is 2. The Morgan fingerprint density at radius 1 is 1.26 bits per heavy atom. The average Bonchev–Trinajstić information content (AvgIpc) is 3.26. The number of benzene rings is 1. The minimum Gasteiger partial charge on any atom is -0.488 e. The van der Waals surface area contributed by atoms with Gasteiger partial charge in [0.15, 0.2) is 0 Å². The first-order valence-corrected chi connectivity index (χ1v) is 7.67. The number of anilines is 1. The highest BCUT2D eigenvalue weighted by Gasteiger charge is 2.16. The third-order valence-corrected chi connectivity index (χ3v) is 3.54. The molecular formula is C17H20N2O4. The number of carbonyl (C=O) groups is 1. The molecule has 23 heavy (non-hydrogen) atoms. The molecule has 0 radical (unpaired) electrons. The van der Waals surface area contributed by atoms with Crippen LogP contribution in [-0.2, 0) is 16.1 Å². The van der Waals surface area contributed by atoms with Gasteiger partial charge in [-0.2, -0.15) is 0 Å². The van der Waals surface area contributed by atoms with E-state index in [0.29, 0.717) is 13.2 Å². The molecule has 6 heteroatoms. The summed E-state index contributed by atoms with van der Waals surface area (Å²) in [6, 6.07) is 11.2. The monoisotopic (exact) mass is 316 g/mol. The predicted octanol–water partition coefficient (Wildman–Crippen LogP) is 2.18. The van der Waals surface area contributed by atoms with Crippen LogP contribution in [0.2, 0.25) is 0 Å². The van der Waals surface area contributed by atoms with E-state index in [9.17, 15) is 4.79 Å². The Hall–Kier alpha value is -2.47. The van der Waals surface area contributed by atoms with Crippen molar-refractivity contribution in [3.63, 3.8) is 0 Å². The smallest absolute Gasteiger partial charge is 0.239 e. The SMILES string of the molecule is O=C(CNc1ccc(O[C@@H]2CCOC2)cc1)NCc1ccco1. The Morgan fingerprint density at radius 3 is 2.83 bits per heavy atom. The van der Waals surface area contributed by atoms with Crippen LogP contribution < -0.4 is 15.4 Å². The molecule has 1 atom stereocenters. The lowest BCUT2D eigenvalue weighted by Gasteiger charge is -2.12. The van der Waals surface area contributed by atoms with Gasteiger partial charge in [0.1, 0.15) is 17.6 Å². The fraction of sp³-hybridized carbons (Fsp3) is 0.353. The zero-order valence-electron chi connectivity index (χ0n) is 12.8. The molecule has 0 bridgehead atoms. The number of furan rings is 1. The average molecular weight is 316 g/mol. The van der Waals surface area contributed by atoms with Gasteiger partial charge in [-0.1, -0.05) is 0 Å². The van der Waals surface area contributed by atoms with Gasteiger partial charge in [0.05, 0.1) is 32.6 Å². The quantitative estimate of drug-likeness (QED) is 0.819. The van der Waals surface area contributed by atoms with Gasteiger partial charge in [-0.15, -0.1) is 0 Å². The minimum absolute atomic E-state index is 0.0927. The number of rotatable bonds is 7. The highest BCUT2D eigenvalue weighted by Crippen LogP contribution is 2.19. The lowest BCUT2D eigenvalue weighted by Crippen LogP contribution is -2.29. The summed E-state index contributed by atoms with van der Waals surface area (Å²) in [4.78, 5) is 11.8. The van der Waals surface area contributed by atoms with E-state index in [1.165, 1.54) is 0 Å². The Morgan fingerprint density at radius 2 is 2.13 bits per heavy atom. The summed E-state index contributed by atoms with van der Waals surface area (Å²) in [7, 11) is 0. The van der Waals surface area contributed by atoms with Crippen LogP contribution in [0, 0.1) is 0 Å². The van der Waals surface area contributed by atoms with E-state index < -0.39 is 0 Å². The number of nitrogens with one attached hydrogen (secondary N) is 2. The largest absolute Gasteiger partial charge is 0.488 e. The maximum absolute atomic E-state index is 11.8. The van der Waals surface area contributed by atoms with Crippen molar-refractivity contribution in [1.82, 2.24) is 5.32 Å². The second-order valence-electron chi connectivity index (χ2n) is 5.34. The summed E-state index contributed by atoms with van der Waals surface area (Å²) in [6.45, 7) is 2.01. The van der Waals surface area contributed by atoms with Crippen molar-refractivity contribution >= 4 is 11.6 Å². The normalized spacial score (nSPS) is 17.0. The molecule has 3 rings (SSSR count). The fourth-order valence-electron chi connectivity index (χ4n) is 2.29. The molecule has 2 N–H and O–H groups in total. The third-order valence-electron chi connectivity index (χ3n) is 3.54. The Bertz CT molecular complexity index is 604. The van der Waals surface area contributed by atoms with Gasteiger partial charge in [-0.05, 0) is 36.4 Å². The second-order valence-corrected chi connectivity index (χ2v) is 5.34. The Kier molecular flexibility index (Phi) is 5.16. The molecule has 1 amide bonds. The molecule has 1 aromatic heterocycles. The van der Waals surface area contributed by atoms with E-state index >= 15 is 0 Å². The zero-order chi connectivity index (χ0) is 15.9. The van der Waals surface area contributed by atoms with Gasteiger partial charge in [-0.25, -0.2) is 0 Å². The van der Waals surface area contributed by atoms with Crippen LogP contribution in [0.4, 0.5) is 5.69 Å². The molecule has 2 heterocycles. The van der Waals surface area contributed by atoms with Crippen LogP contribution in [0.1, 0.15) is 12.2 Å². The van der Waals surface area contributed by atoms with Gasteiger partial charge >= 0.3 is 0 Å². The van der Waals surface area contributed by atoms with Crippen LogP contribution in [0.3, 0.4) is 0 Å². The van der Waals surface area contributed by atoms with E-state index in [1.54, 1.807) is 12.3 Å². The van der Waals surface area contributed by atoms with Crippen molar-refractivity contribution in [2.45, 2.75) is 19.1 Å². The third kappa shape index (κ3) is 4.75. The number of hydrogen-bond acceptors (Lipinski definition) is 5. The number of carbonyl (C=O) groups excluding carboxylic acids is 1. The maximum atomic E-state index is 11.8. The Balaban J connectivity index is 1.40. The van der Waals surface area contributed by atoms with Gasteiger partial charge < -0.3 is 24.5 Å². The van der Waals surface area contributed by atoms with Crippen LogP contribution in [0.5, 0.6) is 5.75 Å². The zero-order valence-corrected chi connectivity index (χ0v) is 12.8. The molecule has 1 fully saturated rings. The van der Waals surface area contributed by atoms with Gasteiger partial charge in [-0.3, -0.25) is 4.79 Å². The molecule has 0 spiro atoms. The second kappa shape index (κ2) is 7.69.